The molecule has 1 amide bonds. The van der Waals surface area contributed by atoms with Crippen LogP contribution in [-0.2, 0) is 9.53 Å². The van der Waals surface area contributed by atoms with Crippen LogP contribution >= 0.6 is 11.6 Å². The summed E-state index contributed by atoms with van der Waals surface area (Å²) >= 11 is 5.69. The van der Waals surface area contributed by atoms with Crippen molar-refractivity contribution in [1.82, 2.24) is 9.97 Å². The van der Waals surface area contributed by atoms with Crippen molar-refractivity contribution >= 4 is 23.3 Å². The number of carbonyl (C=O) groups excluding carboxylic acids is 1. The van der Waals surface area contributed by atoms with Gasteiger partial charge in [0.2, 0.25) is 5.91 Å². The zero-order valence-corrected chi connectivity index (χ0v) is 10.1. The van der Waals surface area contributed by atoms with Gasteiger partial charge in [0.1, 0.15) is 17.3 Å². The van der Waals surface area contributed by atoms with Gasteiger partial charge < -0.3 is 10.1 Å². The van der Waals surface area contributed by atoms with Gasteiger partial charge in [0.25, 0.3) is 0 Å². The van der Waals surface area contributed by atoms with Gasteiger partial charge in [-0.2, -0.15) is 0 Å². The van der Waals surface area contributed by atoms with E-state index in [0.29, 0.717) is 17.4 Å². The van der Waals surface area contributed by atoms with E-state index in [9.17, 15) is 4.79 Å². The lowest BCUT2D eigenvalue weighted by atomic mass is 10.1. The monoisotopic (exact) mass is 255 g/mol. The van der Waals surface area contributed by atoms with E-state index in [1.807, 2.05) is 0 Å². The molecule has 1 saturated heterocycles. The van der Waals surface area contributed by atoms with Crippen LogP contribution in [0.1, 0.15) is 25.7 Å². The van der Waals surface area contributed by atoms with Crippen LogP contribution in [0.4, 0.5) is 5.82 Å². The van der Waals surface area contributed by atoms with Crippen molar-refractivity contribution in [2.75, 3.05) is 11.9 Å². The first-order valence-electron chi connectivity index (χ1n) is 5.63. The van der Waals surface area contributed by atoms with E-state index in [0.717, 1.165) is 25.9 Å². The van der Waals surface area contributed by atoms with Crippen LogP contribution in [0, 0.1) is 0 Å². The second-order valence-corrected chi connectivity index (χ2v) is 4.35. The van der Waals surface area contributed by atoms with Gasteiger partial charge in [-0.15, -0.1) is 0 Å². The minimum Gasteiger partial charge on any atom is -0.378 e. The lowest BCUT2D eigenvalue weighted by molar-refractivity contribution is -0.119. The van der Waals surface area contributed by atoms with E-state index in [-0.39, 0.29) is 12.0 Å². The maximum absolute atomic E-state index is 11.7. The molecule has 0 radical (unpaired) electrons. The van der Waals surface area contributed by atoms with Gasteiger partial charge in [-0.05, 0) is 19.3 Å². The number of anilines is 1. The molecule has 0 bridgehead atoms. The van der Waals surface area contributed by atoms with Gasteiger partial charge >= 0.3 is 0 Å². The fraction of sp³-hybridized carbons (Fsp3) is 0.545. The minimum absolute atomic E-state index is 0.0288. The topological polar surface area (TPSA) is 64.1 Å². The van der Waals surface area contributed by atoms with Crippen molar-refractivity contribution in [3.63, 3.8) is 0 Å². The highest BCUT2D eigenvalue weighted by Gasteiger charge is 2.17. The van der Waals surface area contributed by atoms with Gasteiger partial charge in [0, 0.05) is 12.7 Å². The maximum atomic E-state index is 11.7. The first-order chi connectivity index (χ1) is 8.24. The molecule has 17 heavy (non-hydrogen) atoms. The normalized spacial score (nSPS) is 19.9. The molecular formula is C11H14ClN3O2. The third-order valence-corrected chi connectivity index (χ3v) is 2.79. The Morgan fingerprint density at radius 3 is 3.12 bits per heavy atom. The number of aromatic nitrogens is 2. The van der Waals surface area contributed by atoms with Crippen LogP contribution in [0.3, 0.4) is 0 Å². The van der Waals surface area contributed by atoms with Gasteiger partial charge in [-0.25, -0.2) is 9.97 Å². The van der Waals surface area contributed by atoms with Crippen LogP contribution in [0.25, 0.3) is 0 Å². The third kappa shape index (κ3) is 3.94. The molecule has 1 aliphatic heterocycles. The van der Waals surface area contributed by atoms with Crippen molar-refractivity contribution in [3.8, 4) is 0 Å². The standard InChI is InChI=1S/C11H14ClN3O2/c12-9-6-10(14-7-13-9)15-11(16)5-8-3-1-2-4-17-8/h6-8H,1-5H2,(H,13,14,15,16). The van der Waals surface area contributed by atoms with Crippen molar-refractivity contribution in [3.05, 3.63) is 17.5 Å². The average Bonchev–Trinajstić information content (AvgIpc) is 2.30. The predicted octanol–water partition coefficient (Wildman–Crippen LogP) is 2.03. The molecule has 2 rings (SSSR count). The third-order valence-electron chi connectivity index (χ3n) is 2.59. The van der Waals surface area contributed by atoms with Crippen molar-refractivity contribution in [2.45, 2.75) is 31.8 Å². The lowest BCUT2D eigenvalue weighted by Crippen LogP contribution is -2.25. The van der Waals surface area contributed by atoms with Gasteiger partial charge in [0.05, 0.1) is 12.5 Å². The molecule has 1 fully saturated rings. The molecule has 2 heterocycles. The van der Waals surface area contributed by atoms with E-state index in [1.165, 1.54) is 12.4 Å². The highest BCUT2D eigenvalue weighted by Crippen LogP contribution is 2.16. The lowest BCUT2D eigenvalue weighted by Gasteiger charge is -2.21. The molecule has 1 aliphatic rings. The number of ether oxygens (including phenoxy) is 1. The van der Waals surface area contributed by atoms with Gasteiger partial charge in [-0.1, -0.05) is 11.6 Å². The second kappa shape index (κ2) is 5.93. The number of carbonyl (C=O) groups is 1. The molecule has 0 aromatic carbocycles. The first kappa shape index (κ1) is 12.3. The quantitative estimate of drug-likeness (QED) is 0.840. The maximum Gasteiger partial charge on any atom is 0.228 e. The molecule has 1 unspecified atom stereocenters. The number of amides is 1. The summed E-state index contributed by atoms with van der Waals surface area (Å²) in [6, 6.07) is 1.52. The number of rotatable bonds is 3. The van der Waals surface area contributed by atoms with E-state index in [2.05, 4.69) is 15.3 Å². The summed E-state index contributed by atoms with van der Waals surface area (Å²) in [7, 11) is 0. The second-order valence-electron chi connectivity index (χ2n) is 3.97. The molecule has 0 spiro atoms. The number of halogens is 1. The molecule has 5 nitrogen and oxygen atoms in total. The van der Waals surface area contributed by atoms with E-state index < -0.39 is 0 Å². The fourth-order valence-electron chi connectivity index (χ4n) is 1.77. The molecule has 1 atom stereocenters. The predicted molar refractivity (Wildman–Crippen MR) is 63.9 cm³/mol. The Balaban J connectivity index is 1.84. The summed E-state index contributed by atoms with van der Waals surface area (Å²) in [5.74, 6) is 0.317. The van der Waals surface area contributed by atoms with Crippen molar-refractivity contribution < 1.29 is 9.53 Å². The smallest absolute Gasteiger partial charge is 0.228 e. The Bertz CT molecular complexity index is 394. The molecule has 0 aliphatic carbocycles. The zero-order chi connectivity index (χ0) is 12.1. The molecular weight excluding hydrogens is 242 g/mol. The summed E-state index contributed by atoms with van der Waals surface area (Å²) in [6.45, 7) is 0.747. The summed E-state index contributed by atoms with van der Waals surface area (Å²) < 4.78 is 5.49. The van der Waals surface area contributed by atoms with Crippen molar-refractivity contribution in [2.24, 2.45) is 0 Å². The molecule has 92 valence electrons. The number of hydrogen-bond donors (Lipinski definition) is 1. The zero-order valence-electron chi connectivity index (χ0n) is 9.36. The Labute approximate surface area is 105 Å². The molecule has 1 aromatic rings. The Morgan fingerprint density at radius 1 is 1.53 bits per heavy atom. The first-order valence-corrected chi connectivity index (χ1v) is 6.01. The van der Waals surface area contributed by atoms with E-state index >= 15 is 0 Å². The summed E-state index contributed by atoms with van der Waals surface area (Å²) in [5, 5.41) is 2.99. The number of hydrogen-bond acceptors (Lipinski definition) is 4. The molecule has 1 aromatic heterocycles. The van der Waals surface area contributed by atoms with Crippen LogP contribution < -0.4 is 5.32 Å². The van der Waals surface area contributed by atoms with Gasteiger partial charge in [-0.3, -0.25) is 4.79 Å². The fourth-order valence-corrected chi connectivity index (χ4v) is 1.92. The van der Waals surface area contributed by atoms with E-state index in [4.69, 9.17) is 16.3 Å². The van der Waals surface area contributed by atoms with E-state index in [1.54, 1.807) is 0 Å². The molecule has 6 heteroatoms. The van der Waals surface area contributed by atoms with Crippen LogP contribution in [0.2, 0.25) is 5.15 Å². The molecule has 1 N–H and O–H groups in total. The molecule has 0 saturated carbocycles. The summed E-state index contributed by atoms with van der Waals surface area (Å²) in [6.07, 6.45) is 4.85. The van der Waals surface area contributed by atoms with Gasteiger partial charge in [0.15, 0.2) is 0 Å². The van der Waals surface area contributed by atoms with Crippen LogP contribution in [-0.4, -0.2) is 28.6 Å². The number of nitrogens with zero attached hydrogens (tertiary/aromatic N) is 2. The summed E-state index contributed by atoms with van der Waals surface area (Å²) in [5.41, 5.74) is 0. The van der Waals surface area contributed by atoms with Crippen molar-refractivity contribution in [1.29, 1.82) is 0 Å². The average molecular weight is 256 g/mol. The highest BCUT2D eigenvalue weighted by atomic mass is 35.5. The Kier molecular flexibility index (Phi) is 4.28. The Hall–Kier alpha value is -1.20. The highest BCUT2D eigenvalue weighted by molar-refractivity contribution is 6.29. The van der Waals surface area contributed by atoms with Crippen LogP contribution in [0.15, 0.2) is 12.4 Å². The Morgan fingerprint density at radius 2 is 2.41 bits per heavy atom. The SMILES string of the molecule is O=C(CC1CCCCO1)Nc1cc(Cl)ncn1. The summed E-state index contributed by atoms with van der Waals surface area (Å²) in [4.78, 5) is 19.3. The minimum atomic E-state index is -0.105. The van der Waals surface area contributed by atoms with Crippen LogP contribution in [0.5, 0.6) is 0 Å². The largest absolute Gasteiger partial charge is 0.378 e. The number of nitrogens with one attached hydrogen (secondary N) is 1.